The van der Waals surface area contributed by atoms with Gasteiger partial charge in [0.05, 0.1) is 6.54 Å². The zero-order valence-corrected chi connectivity index (χ0v) is 14.5. The number of rotatable bonds is 5. The van der Waals surface area contributed by atoms with Gasteiger partial charge >= 0.3 is 0 Å². The summed E-state index contributed by atoms with van der Waals surface area (Å²) < 4.78 is 0.602. The largest absolute Gasteiger partial charge is 0.380 e. The molecular weight excluding hydrogens is 314 g/mol. The first-order valence-electron chi connectivity index (χ1n) is 7.84. The minimum absolute atomic E-state index is 0.602. The summed E-state index contributed by atoms with van der Waals surface area (Å²) in [7, 11) is 0. The normalized spacial score (nSPS) is 19.3. The second-order valence-corrected chi connectivity index (χ2v) is 7.81. The van der Waals surface area contributed by atoms with E-state index in [1.165, 1.54) is 42.8 Å². The average molecular weight is 336 g/mol. The standard InChI is InChI=1S/C17H22ClN3S/c1-13-4-3-7-21(11-13)12-14-5-2-6-15(8-14)19-9-16-10-20-17(18)22-16/h2,5-6,8,10,13,19H,3-4,7,9,11-12H2,1H3. The number of hydrogen-bond donors (Lipinski definition) is 1. The highest BCUT2D eigenvalue weighted by Gasteiger charge is 2.16. The summed E-state index contributed by atoms with van der Waals surface area (Å²) in [6, 6.07) is 8.71. The highest BCUT2D eigenvalue weighted by Crippen LogP contribution is 2.21. The van der Waals surface area contributed by atoms with Gasteiger partial charge in [-0.2, -0.15) is 0 Å². The Morgan fingerprint density at radius 1 is 1.45 bits per heavy atom. The van der Waals surface area contributed by atoms with Crippen LogP contribution in [0.25, 0.3) is 0 Å². The molecule has 2 heterocycles. The van der Waals surface area contributed by atoms with E-state index in [0.717, 1.165) is 29.6 Å². The number of aromatic nitrogens is 1. The van der Waals surface area contributed by atoms with Crippen molar-refractivity contribution in [1.82, 2.24) is 9.88 Å². The first-order chi connectivity index (χ1) is 10.7. The Morgan fingerprint density at radius 3 is 3.14 bits per heavy atom. The zero-order valence-electron chi connectivity index (χ0n) is 12.9. The van der Waals surface area contributed by atoms with Crippen molar-refractivity contribution in [2.75, 3.05) is 18.4 Å². The maximum atomic E-state index is 5.86. The molecular formula is C17H22ClN3S. The van der Waals surface area contributed by atoms with Gasteiger partial charge in [-0.25, -0.2) is 4.98 Å². The third-order valence-corrected chi connectivity index (χ3v) is 5.18. The van der Waals surface area contributed by atoms with Crippen molar-refractivity contribution in [3.05, 3.63) is 45.4 Å². The molecule has 2 aromatic rings. The summed E-state index contributed by atoms with van der Waals surface area (Å²) in [6.45, 7) is 6.61. The Hall–Kier alpha value is -1.10. The minimum atomic E-state index is 0.602. The predicted octanol–water partition coefficient (Wildman–Crippen LogP) is 4.64. The number of benzene rings is 1. The zero-order chi connectivity index (χ0) is 15.4. The number of likely N-dealkylation sites (tertiary alicyclic amines) is 1. The SMILES string of the molecule is CC1CCCN(Cc2cccc(NCc3cnc(Cl)s3)c2)C1. The van der Waals surface area contributed by atoms with Gasteiger partial charge in [0.2, 0.25) is 0 Å². The van der Waals surface area contributed by atoms with Crippen LogP contribution in [0.4, 0.5) is 5.69 Å². The number of piperidine rings is 1. The fourth-order valence-electron chi connectivity index (χ4n) is 3.02. The van der Waals surface area contributed by atoms with E-state index in [0.29, 0.717) is 4.47 Å². The van der Waals surface area contributed by atoms with E-state index in [1.54, 1.807) is 0 Å². The van der Waals surface area contributed by atoms with Crippen LogP contribution < -0.4 is 5.32 Å². The number of halogens is 1. The van der Waals surface area contributed by atoms with Gasteiger partial charge in [-0.3, -0.25) is 4.90 Å². The highest BCUT2D eigenvalue weighted by atomic mass is 35.5. The molecule has 1 saturated heterocycles. The lowest BCUT2D eigenvalue weighted by molar-refractivity contribution is 0.176. The smallest absolute Gasteiger partial charge is 0.183 e. The number of hydrogen-bond acceptors (Lipinski definition) is 4. The lowest BCUT2D eigenvalue weighted by atomic mass is 10.00. The summed E-state index contributed by atoms with van der Waals surface area (Å²) in [5.74, 6) is 0.825. The van der Waals surface area contributed by atoms with Crippen molar-refractivity contribution in [3.63, 3.8) is 0 Å². The number of nitrogens with zero attached hydrogens (tertiary/aromatic N) is 2. The Labute approximate surface area is 141 Å². The highest BCUT2D eigenvalue weighted by molar-refractivity contribution is 7.15. The quantitative estimate of drug-likeness (QED) is 0.862. The molecule has 1 aliphatic rings. The maximum Gasteiger partial charge on any atom is 0.183 e. The van der Waals surface area contributed by atoms with Crippen LogP contribution in [0, 0.1) is 5.92 Å². The van der Waals surface area contributed by atoms with Gasteiger partial charge in [-0.15, -0.1) is 11.3 Å². The molecule has 0 bridgehead atoms. The van der Waals surface area contributed by atoms with Gasteiger partial charge in [0, 0.05) is 29.9 Å². The van der Waals surface area contributed by atoms with Gasteiger partial charge in [0.1, 0.15) is 0 Å². The number of nitrogens with one attached hydrogen (secondary N) is 1. The molecule has 1 unspecified atom stereocenters. The number of anilines is 1. The average Bonchev–Trinajstić information content (AvgIpc) is 2.91. The number of thiazole rings is 1. The molecule has 1 atom stereocenters. The molecule has 1 N–H and O–H groups in total. The van der Waals surface area contributed by atoms with Crippen LogP contribution in [0.5, 0.6) is 0 Å². The van der Waals surface area contributed by atoms with E-state index < -0.39 is 0 Å². The molecule has 1 fully saturated rings. The van der Waals surface area contributed by atoms with Crippen LogP contribution in [0.15, 0.2) is 30.5 Å². The molecule has 118 valence electrons. The third kappa shape index (κ3) is 4.45. The Bertz CT molecular complexity index is 613. The second-order valence-electron chi connectivity index (χ2n) is 6.12. The van der Waals surface area contributed by atoms with E-state index in [9.17, 15) is 0 Å². The maximum absolute atomic E-state index is 5.86. The fourth-order valence-corrected chi connectivity index (χ4v) is 3.94. The van der Waals surface area contributed by atoms with Crippen LogP contribution in [0.3, 0.4) is 0 Å². The van der Waals surface area contributed by atoms with Crippen LogP contribution in [0.2, 0.25) is 4.47 Å². The van der Waals surface area contributed by atoms with E-state index in [2.05, 4.69) is 46.4 Å². The summed E-state index contributed by atoms with van der Waals surface area (Å²) in [5, 5.41) is 3.45. The predicted molar refractivity (Wildman–Crippen MR) is 94.6 cm³/mol. The summed E-state index contributed by atoms with van der Waals surface area (Å²) in [6.07, 6.45) is 4.53. The molecule has 0 saturated carbocycles. The van der Waals surface area contributed by atoms with Crippen molar-refractivity contribution < 1.29 is 0 Å². The van der Waals surface area contributed by atoms with Crippen molar-refractivity contribution in [2.45, 2.75) is 32.9 Å². The second kappa shape index (κ2) is 7.44. The Morgan fingerprint density at radius 2 is 2.36 bits per heavy atom. The van der Waals surface area contributed by atoms with E-state index >= 15 is 0 Å². The van der Waals surface area contributed by atoms with Crippen molar-refractivity contribution in [1.29, 1.82) is 0 Å². The molecule has 1 aromatic heterocycles. The Kier molecular flexibility index (Phi) is 5.34. The van der Waals surface area contributed by atoms with E-state index in [4.69, 9.17) is 11.6 Å². The van der Waals surface area contributed by atoms with Crippen molar-refractivity contribution in [2.24, 2.45) is 5.92 Å². The monoisotopic (exact) mass is 335 g/mol. The molecule has 0 aliphatic carbocycles. The molecule has 0 radical (unpaired) electrons. The third-order valence-electron chi connectivity index (χ3n) is 4.07. The minimum Gasteiger partial charge on any atom is -0.380 e. The van der Waals surface area contributed by atoms with Crippen molar-refractivity contribution >= 4 is 28.6 Å². The molecule has 1 aliphatic heterocycles. The van der Waals surface area contributed by atoms with Gasteiger partial charge in [-0.05, 0) is 43.0 Å². The van der Waals surface area contributed by atoms with Crippen LogP contribution >= 0.6 is 22.9 Å². The molecule has 1 aromatic carbocycles. The molecule has 3 nitrogen and oxygen atoms in total. The Balaban J connectivity index is 1.57. The van der Waals surface area contributed by atoms with Crippen LogP contribution in [0.1, 0.15) is 30.2 Å². The lowest BCUT2D eigenvalue weighted by Crippen LogP contribution is -2.33. The first kappa shape index (κ1) is 15.8. The van der Waals surface area contributed by atoms with Crippen LogP contribution in [-0.2, 0) is 13.1 Å². The van der Waals surface area contributed by atoms with Gasteiger partial charge in [-0.1, -0.05) is 30.7 Å². The van der Waals surface area contributed by atoms with Crippen molar-refractivity contribution in [3.8, 4) is 0 Å². The van der Waals surface area contributed by atoms with Gasteiger partial charge < -0.3 is 5.32 Å². The molecule has 0 spiro atoms. The first-order valence-corrected chi connectivity index (χ1v) is 9.04. The summed E-state index contributed by atoms with van der Waals surface area (Å²) in [5.41, 5.74) is 2.54. The van der Waals surface area contributed by atoms with Gasteiger partial charge in [0.15, 0.2) is 4.47 Å². The summed E-state index contributed by atoms with van der Waals surface area (Å²) >= 11 is 7.39. The lowest BCUT2D eigenvalue weighted by Gasteiger charge is -2.30. The fraction of sp³-hybridized carbons (Fsp3) is 0.471. The molecule has 5 heteroatoms. The van der Waals surface area contributed by atoms with Crippen LogP contribution in [-0.4, -0.2) is 23.0 Å². The van der Waals surface area contributed by atoms with E-state index in [-0.39, 0.29) is 0 Å². The summed E-state index contributed by atoms with van der Waals surface area (Å²) in [4.78, 5) is 7.79. The topological polar surface area (TPSA) is 28.2 Å². The molecule has 0 amide bonds. The van der Waals surface area contributed by atoms with Gasteiger partial charge in [0.25, 0.3) is 0 Å². The molecule has 22 heavy (non-hydrogen) atoms. The van der Waals surface area contributed by atoms with E-state index in [1.807, 2.05) is 6.20 Å². The molecule has 3 rings (SSSR count).